The Morgan fingerprint density at radius 2 is 1.20 bits per heavy atom. The second-order valence-corrected chi connectivity index (χ2v) is 15.1. The van der Waals surface area contributed by atoms with Crippen LogP contribution in [-0.4, -0.2) is 76.2 Å². The standard InChI is InChI=1S/C45H51N5O9/c1-29(43(54)55)47-40(51)37(23-30-19-21-34(22-20-30)58-27-32-15-9-6-10-16-32)48-42(53)39(28-57-26-31-13-7-5-8-14-31)49-41(52)38(50-44(56)59-45(2,3)4)24-33-25-46-36-18-12-11-17-35(33)36/h5-22,25,29,37-39,46H,23-24,26-28H2,1-4H3,(H,47,51)(H,48,53)(H,49,52)(H,50,56)(H,54,55)/t29-,37+,38+,39-/m1/s1. The van der Waals surface area contributed by atoms with E-state index in [2.05, 4.69) is 26.3 Å². The first-order chi connectivity index (χ1) is 28.2. The minimum Gasteiger partial charge on any atom is -0.489 e. The number of amides is 4. The van der Waals surface area contributed by atoms with Crippen molar-refractivity contribution in [3.8, 4) is 5.75 Å². The van der Waals surface area contributed by atoms with Crippen LogP contribution in [0.5, 0.6) is 5.75 Å². The quantitative estimate of drug-likeness (QED) is 0.0650. The van der Waals surface area contributed by atoms with Crippen LogP contribution in [0, 0.1) is 0 Å². The van der Waals surface area contributed by atoms with Gasteiger partial charge in [-0.15, -0.1) is 0 Å². The number of ether oxygens (including phenoxy) is 3. The lowest BCUT2D eigenvalue weighted by molar-refractivity contribution is -0.141. The lowest BCUT2D eigenvalue weighted by Gasteiger charge is -2.27. The molecule has 0 aliphatic rings. The molecule has 6 N–H and O–H groups in total. The lowest BCUT2D eigenvalue weighted by atomic mass is 10.0. The fourth-order valence-corrected chi connectivity index (χ4v) is 6.06. The molecule has 0 radical (unpaired) electrons. The van der Waals surface area contributed by atoms with Crippen molar-refractivity contribution in [2.45, 2.75) is 83.5 Å². The van der Waals surface area contributed by atoms with Crippen molar-refractivity contribution in [2.75, 3.05) is 6.61 Å². The molecule has 5 rings (SSSR count). The molecule has 14 heteroatoms. The summed E-state index contributed by atoms with van der Waals surface area (Å²) in [4.78, 5) is 69.9. The first-order valence-corrected chi connectivity index (χ1v) is 19.3. The second kappa shape index (κ2) is 20.7. The number of hydrogen-bond acceptors (Lipinski definition) is 8. The normalized spacial score (nSPS) is 13.3. The molecule has 5 aromatic rings. The topological polar surface area (TPSA) is 197 Å². The number of rotatable bonds is 19. The van der Waals surface area contributed by atoms with Gasteiger partial charge in [0.1, 0.15) is 42.1 Å². The molecule has 59 heavy (non-hydrogen) atoms. The minimum atomic E-state index is -1.36. The van der Waals surface area contributed by atoms with Crippen LogP contribution >= 0.6 is 0 Å². The number of para-hydroxylation sites is 1. The predicted octanol–water partition coefficient (Wildman–Crippen LogP) is 5.20. The van der Waals surface area contributed by atoms with E-state index >= 15 is 0 Å². The summed E-state index contributed by atoms with van der Waals surface area (Å²) < 4.78 is 17.3. The Labute approximate surface area is 343 Å². The summed E-state index contributed by atoms with van der Waals surface area (Å²) in [5.41, 5.74) is 3.16. The first kappa shape index (κ1) is 43.5. The van der Waals surface area contributed by atoms with Crippen LogP contribution < -0.4 is 26.0 Å². The minimum absolute atomic E-state index is 0.0300. The number of fused-ring (bicyclic) bond motifs is 1. The number of aliphatic carboxylic acids is 1. The molecule has 14 nitrogen and oxygen atoms in total. The molecule has 0 saturated carbocycles. The SMILES string of the molecule is C[C@@H](NC(=O)[C@H](Cc1ccc(OCc2ccccc2)cc1)NC(=O)[C@@H](COCc1ccccc1)NC(=O)[C@H](Cc1c[nH]c2ccccc12)NC(=O)OC(C)(C)C)C(=O)O. The van der Waals surface area contributed by atoms with Gasteiger partial charge in [-0.3, -0.25) is 19.2 Å². The average molecular weight is 806 g/mol. The highest BCUT2D eigenvalue weighted by Gasteiger charge is 2.32. The number of carboxylic acids is 1. The molecule has 0 unspecified atom stereocenters. The Kier molecular flexibility index (Phi) is 15.2. The number of hydrogen-bond donors (Lipinski definition) is 6. The molecule has 4 atom stereocenters. The van der Waals surface area contributed by atoms with E-state index in [1.54, 1.807) is 51.2 Å². The molecule has 0 aliphatic carbocycles. The summed E-state index contributed by atoms with van der Waals surface area (Å²) in [5.74, 6) is -2.92. The fraction of sp³-hybridized carbons (Fsp3) is 0.311. The van der Waals surface area contributed by atoms with Crippen LogP contribution in [0.2, 0.25) is 0 Å². The van der Waals surface area contributed by atoms with Gasteiger partial charge in [0.15, 0.2) is 0 Å². The maximum Gasteiger partial charge on any atom is 0.408 e. The van der Waals surface area contributed by atoms with Crippen molar-refractivity contribution in [1.82, 2.24) is 26.3 Å². The molecular formula is C45H51N5O9. The van der Waals surface area contributed by atoms with E-state index < -0.39 is 59.6 Å². The third-order valence-electron chi connectivity index (χ3n) is 9.11. The monoisotopic (exact) mass is 805 g/mol. The van der Waals surface area contributed by atoms with E-state index in [0.29, 0.717) is 17.9 Å². The number of aromatic nitrogens is 1. The zero-order valence-electron chi connectivity index (χ0n) is 33.5. The molecule has 1 heterocycles. The van der Waals surface area contributed by atoms with Crippen molar-refractivity contribution >= 4 is 40.7 Å². The van der Waals surface area contributed by atoms with Gasteiger partial charge in [-0.2, -0.15) is 0 Å². The van der Waals surface area contributed by atoms with Gasteiger partial charge < -0.3 is 45.6 Å². The molecule has 1 aromatic heterocycles. The highest BCUT2D eigenvalue weighted by Crippen LogP contribution is 2.20. The predicted molar refractivity (Wildman–Crippen MR) is 221 cm³/mol. The highest BCUT2D eigenvalue weighted by molar-refractivity contribution is 5.95. The van der Waals surface area contributed by atoms with E-state index in [1.165, 1.54) is 6.92 Å². The summed E-state index contributed by atoms with van der Waals surface area (Å²) in [6, 6.07) is 28.2. The zero-order chi connectivity index (χ0) is 42.4. The van der Waals surface area contributed by atoms with Gasteiger partial charge >= 0.3 is 12.1 Å². The second-order valence-electron chi connectivity index (χ2n) is 15.1. The number of carboxylic acid groups (broad SMARTS) is 1. The van der Waals surface area contributed by atoms with Gasteiger partial charge in [0.25, 0.3) is 0 Å². The third-order valence-corrected chi connectivity index (χ3v) is 9.11. The van der Waals surface area contributed by atoms with Gasteiger partial charge in [-0.1, -0.05) is 91.0 Å². The van der Waals surface area contributed by atoms with Crippen LogP contribution in [0.15, 0.2) is 115 Å². The number of carbonyl (C=O) groups is 5. The van der Waals surface area contributed by atoms with Crippen molar-refractivity contribution in [1.29, 1.82) is 0 Å². The summed E-state index contributed by atoms with van der Waals surface area (Å²) in [6.07, 6.45) is 0.924. The van der Waals surface area contributed by atoms with Crippen LogP contribution in [0.25, 0.3) is 10.9 Å². The molecular weight excluding hydrogens is 755 g/mol. The van der Waals surface area contributed by atoms with Crippen molar-refractivity contribution < 1.29 is 43.3 Å². The summed E-state index contributed by atoms with van der Waals surface area (Å²) in [7, 11) is 0. The number of alkyl carbamates (subject to hydrolysis) is 1. The number of carbonyl (C=O) groups excluding carboxylic acids is 4. The maximum atomic E-state index is 14.2. The van der Waals surface area contributed by atoms with E-state index in [4.69, 9.17) is 14.2 Å². The fourth-order valence-electron chi connectivity index (χ4n) is 6.06. The van der Waals surface area contributed by atoms with E-state index in [1.807, 2.05) is 84.9 Å². The number of benzene rings is 4. The lowest BCUT2D eigenvalue weighted by Crippen LogP contribution is -2.59. The summed E-state index contributed by atoms with van der Waals surface area (Å²) in [5, 5.41) is 20.9. The summed E-state index contributed by atoms with van der Waals surface area (Å²) >= 11 is 0. The Hall–Kier alpha value is -6.67. The number of aromatic amines is 1. The third kappa shape index (κ3) is 13.7. The van der Waals surface area contributed by atoms with Crippen LogP contribution in [0.1, 0.15) is 49.9 Å². The van der Waals surface area contributed by atoms with Gasteiger partial charge in [0, 0.05) is 29.9 Å². The molecule has 0 aliphatic heterocycles. The Balaban J connectivity index is 1.37. The number of nitrogens with one attached hydrogen (secondary N) is 5. The summed E-state index contributed by atoms with van der Waals surface area (Å²) in [6.45, 7) is 6.55. The van der Waals surface area contributed by atoms with Crippen molar-refractivity contribution in [3.05, 3.63) is 138 Å². The molecule has 0 bridgehead atoms. The molecule has 0 fully saturated rings. The van der Waals surface area contributed by atoms with Crippen LogP contribution in [0.4, 0.5) is 4.79 Å². The smallest absolute Gasteiger partial charge is 0.408 e. The van der Waals surface area contributed by atoms with Gasteiger partial charge in [0.05, 0.1) is 13.2 Å². The Bertz CT molecular complexity index is 2170. The van der Waals surface area contributed by atoms with Crippen LogP contribution in [-0.2, 0) is 54.7 Å². The molecule has 310 valence electrons. The van der Waals surface area contributed by atoms with Gasteiger partial charge in [-0.05, 0) is 68.1 Å². The van der Waals surface area contributed by atoms with E-state index in [-0.39, 0.29) is 26.1 Å². The maximum absolute atomic E-state index is 14.2. The van der Waals surface area contributed by atoms with E-state index in [0.717, 1.165) is 27.6 Å². The molecule has 0 spiro atoms. The van der Waals surface area contributed by atoms with Gasteiger partial charge in [-0.25, -0.2) is 4.79 Å². The van der Waals surface area contributed by atoms with Crippen molar-refractivity contribution in [2.24, 2.45) is 0 Å². The molecule has 0 saturated heterocycles. The van der Waals surface area contributed by atoms with Crippen molar-refractivity contribution in [3.63, 3.8) is 0 Å². The van der Waals surface area contributed by atoms with Crippen LogP contribution in [0.3, 0.4) is 0 Å². The molecule has 4 aromatic carbocycles. The molecule has 4 amide bonds. The Morgan fingerprint density at radius 3 is 1.85 bits per heavy atom. The largest absolute Gasteiger partial charge is 0.489 e. The van der Waals surface area contributed by atoms with E-state index in [9.17, 15) is 29.1 Å². The highest BCUT2D eigenvalue weighted by atomic mass is 16.6. The number of H-pyrrole nitrogens is 1. The average Bonchev–Trinajstić information content (AvgIpc) is 3.62. The Morgan fingerprint density at radius 1 is 0.644 bits per heavy atom. The van der Waals surface area contributed by atoms with Gasteiger partial charge in [0.2, 0.25) is 17.7 Å². The zero-order valence-corrected chi connectivity index (χ0v) is 33.5. The first-order valence-electron chi connectivity index (χ1n) is 19.3.